The van der Waals surface area contributed by atoms with Gasteiger partial charge >= 0.3 is 5.97 Å². The summed E-state index contributed by atoms with van der Waals surface area (Å²) in [6.45, 7) is 3.42. The quantitative estimate of drug-likeness (QED) is 0.798. The number of piperidine rings is 1. The smallest absolute Gasteiger partial charge is 0.310 e. The molecular formula is C15H22N4O3. The number of hydrogen-bond acceptors (Lipinski definition) is 5. The summed E-state index contributed by atoms with van der Waals surface area (Å²) >= 11 is 0. The van der Waals surface area contributed by atoms with Crippen LogP contribution in [-0.2, 0) is 9.53 Å². The zero-order valence-corrected chi connectivity index (χ0v) is 12.8. The number of nitrogens with zero attached hydrogens (tertiary/aromatic N) is 2. The van der Waals surface area contributed by atoms with Gasteiger partial charge in [-0.2, -0.15) is 5.10 Å². The summed E-state index contributed by atoms with van der Waals surface area (Å²) in [6.07, 6.45) is 3.99. The molecule has 2 fully saturated rings. The van der Waals surface area contributed by atoms with Crippen molar-refractivity contribution < 1.29 is 14.3 Å². The average Bonchev–Trinajstić information content (AvgIpc) is 3.25. The third kappa shape index (κ3) is 3.47. The third-order valence-electron chi connectivity index (χ3n) is 4.15. The Kier molecular flexibility index (Phi) is 4.42. The van der Waals surface area contributed by atoms with Crippen LogP contribution in [0.2, 0.25) is 0 Å². The Balaban J connectivity index is 1.54. The zero-order chi connectivity index (χ0) is 15.5. The summed E-state index contributed by atoms with van der Waals surface area (Å²) in [6, 6.07) is 1.82. The van der Waals surface area contributed by atoms with Gasteiger partial charge in [0.15, 0.2) is 5.69 Å². The molecule has 2 aliphatic rings. The lowest BCUT2D eigenvalue weighted by molar-refractivity contribution is -0.150. The number of hydrazine groups is 1. The highest BCUT2D eigenvalue weighted by Gasteiger charge is 2.29. The molecule has 0 radical (unpaired) electrons. The molecule has 7 heteroatoms. The van der Waals surface area contributed by atoms with Crippen molar-refractivity contribution in [2.45, 2.75) is 38.5 Å². The predicted octanol–water partition coefficient (Wildman–Crippen LogP) is 1.21. The van der Waals surface area contributed by atoms with E-state index >= 15 is 0 Å². The molecule has 2 N–H and O–H groups in total. The molecule has 0 spiro atoms. The van der Waals surface area contributed by atoms with Gasteiger partial charge < -0.3 is 4.74 Å². The van der Waals surface area contributed by atoms with Gasteiger partial charge in [-0.05, 0) is 38.7 Å². The van der Waals surface area contributed by atoms with Gasteiger partial charge in [-0.15, -0.1) is 0 Å². The van der Waals surface area contributed by atoms with E-state index in [4.69, 9.17) is 4.74 Å². The number of hydrogen-bond donors (Lipinski definition) is 2. The van der Waals surface area contributed by atoms with Crippen LogP contribution in [0.25, 0.3) is 0 Å². The van der Waals surface area contributed by atoms with Crippen LogP contribution in [0.5, 0.6) is 0 Å². The number of esters is 1. The van der Waals surface area contributed by atoms with Gasteiger partial charge in [-0.25, -0.2) is 5.01 Å². The van der Waals surface area contributed by atoms with Gasteiger partial charge in [-0.1, -0.05) is 0 Å². The van der Waals surface area contributed by atoms with Crippen LogP contribution in [0.1, 0.15) is 54.7 Å². The minimum absolute atomic E-state index is 0.171. The molecule has 1 aliphatic heterocycles. The monoisotopic (exact) mass is 306 g/mol. The summed E-state index contributed by atoms with van der Waals surface area (Å²) in [5.41, 5.74) is 4.28. The van der Waals surface area contributed by atoms with Crippen LogP contribution in [0.3, 0.4) is 0 Å². The van der Waals surface area contributed by atoms with E-state index in [1.165, 1.54) is 0 Å². The SMILES string of the molecule is CCOC(=O)[C@@H]1CCCN(NC(=O)c2cc(C3CC3)[nH]n2)C1. The maximum Gasteiger partial charge on any atom is 0.310 e. The molecule has 0 bridgehead atoms. The Morgan fingerprint density at radius 2 is 2.27 bits per heavy atom. The van der Waals surface area contributed by atoms with Gasteiger partial charge in [0.25, 0.3) is 5.91 Å². The Labute approximate surface area is 129 Å². The standard InChI is InChI=1S/C15H22N4O3/c1-2-22-15(21)11-4-3-7-19(9-11)18-14(20)13-8-12(16-17-13)10-5-6-10/h8,10-11H,2-7,9H2,1H3,(H,16,17)(H,18,20)/t11-/m1/s1. The number of rotatable bonds is 5. The molecular weight excluding hydrogens is 284 g/mol. The predicted molar refractivity (Wildman–Crippen MR) is 79.0 cm³/mol. The van der Waals surface area contributed by atoms with Crippen LogP contribution in [0.15, 0.2) is 6.07 Å². The lowest BCUT2D eigenvalue weighted by atomic mass is 9.99. The summed E-state index contributed by atoms with van der Waals surface area (Å²) in [7, 11) is 0. The van der Waals surface area contributed by atoms with Crippen molar-refractivity contribution >= 4 is 11.9 Å². The molecule has 3 rings (SSSR count). The van der Waals surface area contributed by atoms with E-state index in [1.54, 1.807) is 11.9 Å². The van der Waals surface area contributed by atoms with Gasteiger partial charge in [0.1, 0.15) is 0 Å². The zero-order valence-electron chi connectivity index (χ0n) is 12.8. The summed E-state index contributed by atoms with van der Waals surface area (Å²) in [5, 5.41) is 8.79. The van der Waals surface area contributed by atoms with E-state index in [0.29, 0.717) is 24.8 Å². The molecule has 1 aromatic rings. The summed E-state index contributed by atoms with van der Waals surface area (Å²) < 4.78 is 5.06. The number of nitrogens with one attached hydrogen (secondary N) is 2. The molecule has 2 heterocycles. The average molecular weight is 306 g/mol. The van der Waals surface area contributed by atoms with Crippen molar-refractivity contribution in [1.82, 2.24) is 20.6 Å². The number of ether oxygens (including phenoxy) is 1. The highest BCUT2D eigenvalue weighted by atomic mass is 16.5. The van der Waals surface area contributed by atoms with E-state index in [9.17, 15) is 9.59 Å². The first-order chi connectivity index (χ1) is 10.7. The van der Waals surface area contributed by atoms with Crippen molar-refractivity contribution in [2.75, 3.05) is 19.7 Å². The second-order valence-corrected chi connectivity index (χ2v) is 5.96. The van der Waals surface area contributed by atoms with E-state index in [-0.39, 0.29) is 17.8 Å². The van der Waals surface area contributed by atoms with Crippen LogP contribution in [-0.4, -0.2) is 46.8 Å². The van der Waals surface area contributed by atoms with Crippen molar-refractivity contribution in [3.63, 3.8) is 0 Å². The Hall–Kier alpha value is -1.89. The largest absolute Gasteiger partial charge is 0.466 e. The fraction of sp³-hybridized carbons (Fsp3) is 0.667. The third-order valence-corrected chi connectivity index (χ3v) is 4.15. The summed E-state index contributed by atoms with van der Waals surface area (Å²) in [5.74, 6) is -0.0441. The van der Waals surface area contributed by atoms with Gasteiger partial charge in [-0.3, -0.25) is 20.1 Å². The Bertz CT molecular complexity index is 553. The molecule has 7 nitrogen and oxygen atoms in total. The number of amides is 1. The fourth-order valence-electron chi connectivity index (χ4n) is 2.79. The molecule has 22 heavy (non-hydrogen) atoms. The van der Waals surface area contributed by atoms with E-state index < -0.39 is 0 Å². The first-order valence-corrected chi connectivity index (χ1v) is 7.95. The number of aromatic nitrogens is 2. The molecule has 1 aliphatic carbocycles. The molecule has 120 valence electrons. The normalized spacial score (nSPS) is 22.3. The van der Waals surface area contributed by atoms with Crippen LogP contribution in [0, 0.1) is 5.92 Å². The second-order valence-electron chi connectivity index (χ2n) is 5.96. The van der Waals surface area contributed by atoms with Crippen LogP contribution < -0.4 is 5.43 Å². The number of H-pyrrole nitrogens is 1. The van der Waals surface area contributed by atoms with Crippen molar-refractivity contribution in [1.29, 1.82) is 0 Å². The number of carbonyl (C=O) groups excluding carboxylic acids is 2. The van der Waals surface area contributed by atoms with Gasteiger partial charge in [0.2, 0.25) is 0 Å². The lowest BCUT2D eigenvalue weighted by Gasteiger charge is -2.31. The maximum atomic E-state index is 12.2. The van der Waals surface area contributed by atoms with Crippen molar-refractivity contribution in [3.8, 4) is 0 Å². The van der Waals surface area contributed by atoms with Crippen molar-refractivity contribution in [2.24, 2.45) is 5.92 Å². The van der Waals surface area contributed by atoms with Crippen LogP contribution >= 0.6 is 0 Å². The first kappa shape index (κ1) is 15.0. The maximum absolute atomic E-state index is 12.2. The molecule has 1 saturated carbocycles. The minimum Gasteiger partial charge on any atom is -0.466 e. The van der Waals surface area contributed by atoms with E-state index in [2.05, 4.69) is 15.6 Å². The highest BCUT2D eigenvalue weighted by molar-refractivity contribution is 5.92. The first-order valence-electron chi connectivity index (χ1n) is 7.95. The van der Waals surface area contributed by atoms with E-state index in [0.717, 1.165) is 37.9 Å². The molecule has 1 aromatic heterocycles. The second kappa shape index (κ2) is 6.48. The molecule has 1 amide bonds. The molecule has 0 aromatic carbocycles. The van der Waals surface area contributed by atoms with Gasteiger partial charge in [0, 0.05) is 24.7 Å². The summed E-state index contributed by atoms with van der Waals surface area (Å²) in [4.78, 5) is 24.0. The molecule has 0 unspecified atom stereocenters. The lowest BCUT2D eigenvalue weighted by Crippen LogP contribution is -2.49. The Morgan fingerprint density at radius 3 is 3.00 bits per heavy atom. The highest BCUT2D eigenvalue weighted by Crippen LogP contribution is 2.38. The van der Waals surface area contributed by atoms with Crippen molar-refractivity contribution in [3.05, 3.63) is 17.5 Å². The Morgan fingerprint density at radius 1 is 1.45 bits per heavy atom. The molecule has 1 saturated heterocycles. The van der Waals surface area contributed by atoms with Crippen LogP contribution in [0.4, 0.5) is 0 Å². The fourth-order valence-corrected chi connectivity index (χ4v) is 2.79. The van der Waals surface area contributed by atoms with E-state index in [1.807, 2.05) is 6.07 Å². The minimum atomic E-state index is -0.229. The van der Waals surface area contributed by atoms with Gasteiger partial charge in [0.05, 0.1) is 12.5 Å². The number of aromatic amines is 1. The number of carbonyl (C=O) groups is 2. The topological polar surface area (TPSA) is 87.3 Å². The molecule has 1 atom stereocenters.